The molecule has 0 aromatic carbocycles. The van der Waals surface area contributed by atoms with Crippen molar-refractivity contribution in [2.75, 3.05) is 13.2 Å². The molecule has 1 unspecified atom stereocenters. The highest BCUT2D eigenvalue weighted by atomic mass is 28.4. The zero-order valence-electron chi connectivity index (χ0n) is 12.7. The Bertz CT molecular complexity index is 207. The maximum Gasteiger partial charge on any atom is 0.341 e. The second-order valence-electron chi connectivity index (χ2n) is 5.53. The zero-order chi connectivity index (χ0) is 13.3. The van der Waals surface area contributed by atoms with E-state index in [0.717, 1.165) is 25.2 Å². The van der Waals surface area contributed by atoms with Crippen LogP contribution in [0.4, 0.5) is 0 Å². The van der Waals surface area contributed by atoms with Gasteiger partial charge in [-0.05, 0) is 32.2 Å². The molecule has 0 aromatic rings. The molecule has 0 aliphatic heterocycles. The molecule has 18 heavy (non-hydrogen) atoms. The van der Waals surface area contributed by atoms with Gasteiger partial charge < -0.3 is 8.85 Å². The van der Waals surface area contributed by atoms with E-state index in [2.05, 4.69) is 20.8 Å². The first kappa shape index (κ1) is 16.2. The summed E-state index contributed by atoms with van der Waals surface area (Å²) in [5.74, 6) is 0. The average Bonchev–Trinajstić information content (AvgIpc) is 2.30. The monoisotopic (exact) mass is 272 g/mol. The molecule has 1 rings (SSSR count). The maximum atomic E-state index is 6.32. The van der Waals surface area contributed by atoms with Gasteiger partial charge in [-0.1, -0.05) is 46.0 Å². The summed E-state index contributed by atoms with van der Waals surface area (Å²) in [6.45, 7) is 8.33. The molecule has 1 aliphatic rings. The van der Waals surface area contributed by atoms with Gasteiger partial charge in [-0.2, -0.15) is 0 Å². The average molecular weight is 273 g/mol. The number of unbranched alkanes of at least 4 members (excludes halogenated alkanes) is 3. The lowest BCUT2D eigenvalue weighted by molar-refractivity contribution is 0.150. The first-order chi connectivity index (χ1) is 8.79. The predicted octanol–water partition coefficient (Wildman–Crippen LogP) is 5.03. The molecule has 0 saturated heterocycles. The zero-order valence-corrected chi connectivity index (χ0v) is 13.7. The fourth-order valence-corrected chi connectivity index (χ4v) is 7.11. The highest BCUT2D eigenvalue weighted by Gasteiger charge is 2.47. The molecule has 0 bridgehead atoms. The van der Waals surface area contributed by atoms with Gasteiger partial charge in [-0.25, -0.2) is 0 Å². The Morgan fingerprint density at radius 3 is 2.22 bits per heavy atom. The summed E-state index contributed by atoms with van der Waals surface area (Å²) < 4.78 is 12.6. The molecule has 108 valence electrons. The van der Waals surface area contributed by atoms with Gasteiger partial charge in [0.2, 0.25) is 0 Å². The Morgan fingerprint density at radius 1 is 0.944 bits per heavy atom. The van der Waals surface area contributed by atoms with E-state index >= 15 is 0 Å². The van der Waals surface area contributed by atoms with Crippen molar-refractivity contribution < 1.29 is 8.85 Å². The van der Waals surface area contributed by atoms with Crippen molar-refractivity contribution in [3.8, 4) is 0 Å². The summed E-state index contributed by atoms with van der Waals surface area (Å²) in [7, 11) is -1.88. The fourth-order valence-electron chi connectivity index (χ4n) is 2.79. The highest BCUT2D eigenvalue weighted by molar-refractivity contribution is 6.69. The topological polar surface area (TPSA) is 18.5 Å². The lowest BCUT2D eigenvalue weighted by atomic mass is 10.00. The van der Waals surface area contributed by atoms with Crippen molar-refractivity contribution in [3.05, 3.63) is 0 Å². The Morgan fingerprint density at radius 2 is 1.72 bits per heavy atom. The van der Waals surface area contributed by atoms with Gasteiger partial charge in [-0.15, -0.1) is 0 Å². The largest absolute Gasteiger partial charge is 0.394 e. The SMILES string of the molecule is CCCCCC[Si](OCC)(OCCC)C1CCC1. The Hall–Kier alpha value is 0.137. The fraction of sp³-hybridized carbons (Fsp3) is 1.00. The van der Waals surface area contributed by atoms with Gasteiger partial charge in [0.25, 0.3) is 0 Å². The van der Waals surface area contributed by atoms with Crippen LogP contribution in [0.1, 0.15) is 72.1 Å². The van der Waals surface area contributed by atoms with Gasteiger partial charge in [0.15, 0.2) is 0 Å². The third kappa shape index (κ3) is 4.67. The van der Waals surface area contributed by atoms with Crippen molar-refractivity contribution in [2.45, 2.75) is 83.7 Å². The number of hydrogen-bond donors (Lipinski definition) is 0. The summed E-state index contributed by atoms with van der Waals surface area (Å²) in [5.41, 5.74) is 0.783. The van der Waals surface area contributed by atoms with Crippen LogP contribution in [-0.2, 0) is 8.85 Å². The third-order valence-electron chi connectivity index (χ3n) is 4.05. The van der Waals surface area contributed by atoms with E-state index in [-0.39, 0.29) is 0 Å². The quantitative estimate of drug-likeness (QED) is 0.388. The first-order valence-electron chi connectivity index (χ1n) is 8.07. The second kappa shape index (κ2) is 9.11. The van der Waals surface area contributed by atoms with Gasteiger partial charge >= 0.3 is 8.56 Å². The predicted molar refractivity (Wildman–Crippen MR) is 80.2 cm³/mol. The van der Waals surface area contributed by atoms with E-state index in [9.17, 15) is 0 Å². The lowest BCUT2D eigenvalue weighted by Gasteiger charge is -2.42. The molecule has 1 saturated carbocycles. The molecule has 0 heterocycles. The second-order valence-corrected chi connectivity index (χ2v) is 9.05. The van der Waals surface area contributed by atoms with E-state index in [1.165, 1.54) is 51.0 Å². The van der Waals surface area contributed by atoms with Crippen LogP contribution >= 0.6 is 0 Å². The van der Waals surface area contributed by atoms with E-state index in [4.69, 9.17) is 8.85 Å². The van der Waals surface area contributed by atoms with Crippen LogP contribution in [0.25, 0.3) is 0 Å². The van der Waals surface area contributed by atoms with Crippen LogP contribution in [0, 0.1) is 0 Å². The summed E-state index contributed by atoms with van der Waals surface area (Å²) in [6, 6.07) is 1.23. The van der Waals surface area contributed by atoms with Crippen LogP contribution < -0.4 is 0 Å². The van der Waals surface area contributed by atoms with E-state index in [0.29, 0.717) is 0 Å². The van der Waals surface area contributed by atoms with Gasteiger partial charge in [0, 0.05) is 18.8 Å². The minimum absolute atomic E-state index is 0.783. The molecule has 0 N–H and O–H groups in total. The molecule has 1 atom stereocenters. The van der Waals surface area contributed by atoms with Crippen molar-refractivity contribution in [1.82, 2.24) is 0 Å². The Balaban J connectivity index is 2.50. The standard InChI is InChI=1S/C15H32O2Si/c1-4-7-8-9-14-18(16-6-3,17-13-5-2)15-11-10-12-15/h15H,4-14H2,1-3H3. The summed E-state index contributed by atoms with van der Waals surface area (Å²) >= 11 is 0. The van der Waals surface area contributed by atoms with Gasteiger partial charge in [-0.3, -0.25) is 0 Å². The molecule has 3 heteroatoms. The van der Waals surface area contributed by atoms with E-state index in [1.807, 2.05) is 0 Å². The number of hydrogen-bond acceptors (Lipinski definition) is 2. The Kier molecular flexibility index (Phi) is 8.19. The molecule has 1 fully saturated rings. The van der Waals surface area contributed by atoms with Crippen molar-refractivity contribution in [1.29, 1.82) is 0 Å². The molecule has 0 aromatic heterocycles. The minimum Gasteiger partial charge on any atom is -0.394 e. The molecule has 0 radical (unpaired) electrons. The van der Waals surface area contributed by atoms with Crippen LogP contribution in [0.2, 0.25) is 11.6 Å². The van der Waals surface area contributed by atoms with E-state index in [1.54, 1.807) is 0 Å². The van der Waals surface area contributed by atoms with Crippen LogP contribution in [0.3, 0.4) is 0 Å². The minimum atomic E-state index is -1.88. The van der Waals surface area contributed by atoms with Crippen LogP contribution in [0.5, 0.6) is 0 Å². The molecular weight excluding hydrogens is 240 g/mol. The third-order valence-corrected chi connectivity index (χ3v) is 8.39. The molecule has 0 spiro atoms. The summed E-state index contributed by atoms with van der Waals surface area (Å²) in [6.07, 6.45) is 10.5. The molecule has 1 aliphatic carbocycles. The van der Waals surface area contributed by atoms with Gasteiger partial charge in [0.05, 0.1) is 0 Å². The van der Waals surface area contributed by atoms with E-state index < -0.39 is 8.56 Å². The molecule has 2 nitrogen and oxygen atoms in total. The summed E-state index contributed by atoms with van der Waals surface area (Å²) in [4.78, 5) is 0. The summed E-state index contributed by atoms with van der Waals surface area (Å²) in [5, 5.41) is 0. The van der Waals surface area contributed by atoms with Gasteiger partial charge in [0.1, 0.15) is 0 Å². The molecular formula is C15H32O2Si. The number of rotatable bonds is 11. The van der Waals surface area contributed by atoms with Crippen LogP contribution in [-0.4, -0.2) is 21.8 Å². The maximum absolute atomic E-state index is 6.32. The first-order valence-corrected chi connectivity index (χ1v) is 10.2. The van der Waals surface area contributed by atoms with Crippen molar-refractivity contribution in [3.63, 3.8) is 0 Å². The molecule has 0 amide bonds. The normalized spacial score (nSPS) is 19.5. The smallest absolute Gasteiger partial charge is 0.341 e. The highest BCUT2D eigenvalue weighted by Crippen LogP contribution is 2.44. The van der Waals surface area contributed by atoms with Crippen molar-refractivity contribution in [2.24, 2.45) is 0 Å². The van der Waals surface area contributed by atoms with Crippen LogP contribution in [0.15, 0.2) is 0 Å². The lowest BCUT2D eigenvalue weighted by Crippen LogP contribution is -2.49. The Labute approximate surface area is 115 Å². The van der Waals surface area contributed by atoms with Crippen molar-refractivity contribution >= 4 is 8.56 Å².